The van der Waals surface area contributed by atoms with Crippen LogP contribution in [-0.2, 0) is 11.3 Å². The van der Waals surface area contributed by atoms with Crippen molar-refractivity contribution in [1.29, 1.82) is 0 Å². The minimum Gasteiger partial charge on any atom is -0.494 e. The van der Waals surface area contributed by atoms with E-state index in [0.29, 0.717) is 13.2 Å². The lowest BCUT2D eigenvalue weighted by Gasteiger charge is -2.11. The quantitative estimate of drug-likeness (QED) is 0.820. The number of benzene rings is 1. The van der Waals surface area contributed by atoms with Gasteiger partial charge in [-0.2, -0.15) is 0 Å². The van der Waals surface area contributed by atoms with E-state index in [9.17, 15) is 4.79 Å². The van der Waals surface area contributed by atoms with E-state index in [1.165, 1.54) is 6.92 Å². The molecule has 0 aliphatic heterocycles. The molecule has 82 valence electrons. The minimum absolute atomic E-state index is 0.0296. The third-order valence-corrected chi connectivity index (χ3v) is 2.05. The molecule has 0 radical (unpaired) electrons. The fourth-order valence-electron chi connectivity index (χ4n) is 1.32. The Kier molecular flexibility index (Phi) is 4.16. The summed E-state index contributed by atoms with van der Waals surface area (Å²) in [5.41, 5.74) is 2.17. The fourth-order valence-corrected chi connectivity index (χ4v) is 1.32. The van der Waals surface area contributed by atoms with E-state index >= 15 is 0 Å². The number of hydrogen-bond donors (Lipinski definition) is 1. The Morgan fingerprint density at radius 1 is 1.47 bits per heavy atom. The van der Waals surface area contributed by atoms with Gasteiger partial charge in [0.25, 0.3) is 0 Å². The third kappa shape index (κ3) is 3.62. The summed E-state index contributed by atoms with van der Waals surface area (Å²) in [6, 6.07) is 5.98. The van der Waals surface area contributed by atoms with Gasteiger partial charge in [-0.05, 0) is 25.5 Å². The first kappa shape index (κ1) is 11.6. The zero-order chi connectivity index (χ0) is 11.3. The summed E-state index contributed by atoms with van der Waals surface area (Å²) in [7, 11) is 0. The van der Waals surface area contributed by atoms with E-state index < -0.39 is 0 Å². The molecule has 0 fully saturated rings. The van der Waals surface area contributed by atoms with Crippen molar-refractivity contribution in [1.82, 2.24) is 5.32 Å². The lowest BCUT2D eigenvalue weighted by Crippen LogP contribution is -2.19. The smallest absolute Gasteiger partial charge is 0.217 e. The lowest BCUT2D eigenvalue weighted by atomic mass is 10.1. The minimum atomic E-state index is -0.0296. The summed E-state index contributed by atoms with van der Waals surface area (Å²) in [4.78, 5) is 10.8. The second-order valence-electron chi connectivity index (χ2n) is 3.45. The standard InChI is InChI=1S/C12H17NO2/c1-4-15-12-7-9(2)5-6-11(12)8-13-10(3)14/h5-7H,4,8H2,1-3H3,(H,13,14). The molecule has 0 heterocycles. The van der Waals surface area contributed by atoms with Crippen LogP contribution in [-0.4, -0.2) is 12.5 Å². The molecule has 1 aromatic rings. The molecule has 3 nitrogen and oxygen atoms in total. The molecule has 1 rings (SSSR count). The predicted molar refractivity (Wildman–Crippen MR) is 59.9 cm³/mol. The van der Waals surface area contributed by atoms with Crippen molar-refractivity contribution in [3.05, 3.63) is 29.3 Å². The number of aryl methyl sites for hydroxylation is 1. The van der Waals surface area contributed by atoms with Crippen LogP contribution >= 0.6 is 0 Å². The van der Waals surface area contributed by atoms with Gasteiger partial charge in [0.15, 0.2) is 0 Å². The molecule has 0 aromatic heterocycles. The highest BCUT2D eigenvalue weighted by Crippen LogP contribution is 2.20. The number of carbonyl (C=O) groups excluding carboxylic acids is 1. The predicted octanol–water partition coefficient (Wildman–Crippen LogP) is 2.03. The molecule has 3 heteroatoms. The largest absolute Gasteiger partial charge is 0.494 e. The fraction of sp³-hybridized carbons (Fsp3) is 0.417. The van der Waals surface area contributed by atoms with E-state index in [1.807, 2.05) is 32.0 Å². The maximum absolute atomic E-state index is 10.8. The molecule has 0 saturated carbocycles. The van der Waals surface area contributed by atoms with Gasteiger partial charge in [-0.25, -0.2) is 0 Å². The third-order valence-electron chi connectivity index (χ3n) is 2.05. The molecule has 0 bridgehead atoms. The highest BCUT2D eigenvalue weighted by Gasteiger charge is 2.03. The number of carbonyl (C=O) groups is 1. The van der Waals surface area contributed by atoms with Crippen LogP contribution in [0.4, 0.5) is 0 Å². The van der Waals surface area contributed by atoms with Gasteiger partial charge in [0.1, 0.15) is 5.75 Å². The van der Waals surface area contributed by atoms with Gasteiger partial charge in [-0.15, -0.1) is 0 Å². The average Bonchev–Trinajstić information content (AvgIpc) is 2.17. The zero-order valence-corrected chi connectivity index (χ0v) is 9.46. The number of hydrogen-bond acceptors (Lipinski definition) is 2. The molecule has 0 unspecified atom stereocenters. The molecule has 1 amide bonds. The van der Waals surface area contributed by atoms with Crippen molar-refractivity contribution in [2.75, 3.05) is 6.61 Å². The van der Waals surface area contributed by atoms with Crippen molar-refractivity contribution >= 4 is 5.91 Å². The van der Waals surface area contributed by atoms with E-state index in [-0.39, 0.29) is 5.91 Å². The molecule has 0 aliphatic rings. The molecule has 1 aromatic carbocycles. The van der Waals surface area contributed by atoms with E-state index in [4.69, 9.17) is 4.74 Å². The van der Waals surface area contributed by atoms with Crippen molar-refractivity contribution in [2.45, 2.75) is 27.3 Å². The monoisotopic (exact) mass is 207 g/mol. The van der Waals surface area contributed by atoms with Gasteiger partial charge in [-0.3, -0.25) is 4.79 Å². The number of amides is 1. The Balaban J connectivity index is 2.80. The van der Waals surface area contributed by atoms with Crippen molar-refractivity contribution in [2.24, 2.45) is 0 Å². The molecule has 1 N–H and O–H groups in total. The second kappa shape index (κ2) is 5.39. The first-order valence-electron chi connectivity index (χ1n) is 5.10. The van der Waals surface area contributed by atoms with Crippen LogP contribution in [0.3, 0.4) is 0 Å². The van der Waals surface area contributed by atoms with Gasteiger partial charge >= 0.3 is 0 Å². The summed E-state index contributed by atoms with van der Waals surface area (Å²) in [5, 5.41) is 2.76. The van der Waals surface area contributed by atoms with Crippen LogP contribution in [0.2, 0.25) is 0 Å². The number of rotatable bonds is 4. The van der Waals surface area contributed by atoms with Gasteiger partial charge in [-0.1, -0.05) is 12.1 Å². The van der Waals surface area contributed by atoms with Gasteiger partial charge in [0.2, 0.25) is 5.91 Å². The lowest BCUT2D eigenvalue weighted by molar-refractivity contribution is -0.119. The molecular formula is C12H17NO2. The van der Waals surface area contributed by atoms with E-state index in [0.717, 1.165) is 16.9 Å². The van der Waals surface area contributed by atoms with E-state index in [2.05, 4.69) is 5.32 Å². The SMILES string of the molecule is CCOc1cc(C)ccc1CNC(C)=O. The van der Waals surface area contributed by atoms with Crippen LogP contribution in [0.25, 0.3) is 0 Å². The Labute approximate surface area is 90.4 Å². The van der Waals surface area contributed by atoms with Gasteiger partial charge in [0.05, 0.1) is 6.61 Å². The van der Waals surface area contributed by atoms with Gasteiger partial charge < -0.3 is 10.1 Å². The maximum Gasteiger partial charge on any atom is 0.217 e. The highest BCUT2D eigenvalue weighted by atomic mass is 16.5. The highest BCUT2D eigenvalue weighted by molar-refractivity contribution is 5.72. The molecule has 0 atom stereocenters. The first-order chi connectivity index (χ1) is 7.13. The second-order valence-corrected chi connectivity index (χ2v) is 3.45. The van der Waals surface area contributed by atoms with Crippen molar-refractivity contribution in [3.8, 4) is 5.75 Å². The Bertz CT molecular complexity index is 347. The van der Waals surface area contributed by atoms with Crippen LogP contribution < -0.4 is 10.1 Å². The maximum atomic E-state index is 10.8. The van der Waals surface area contributed by atoms with E-state index in [1.54, 1.807) is 0 Å². The summed E-state index contributed by atoms with van der Waals surface area (Å²) in [5.74, 6) is 0.823. The van der Waals surface area contributed by atoms with Crippen molar-refractivity contribution in [3.63, 3.8) is 0 Å². The Morgan fingerprint density at radius 3 is 2.80 bits per heavy atom. The topological polar surface area (TPSA) is 38.3 Å². The number of ether oxygens (including phenoxy) is 1. The van der Waals surface area contributed by atoms with Crippen molar-refractivity contribution < 1.29 is 9.53 Å². The normalized spacial score (nSPS) is 9.80. The molecule has 0 saturated heterocycles. The van der Waals surface area contributed by atoms with Crippen LogP contribution in [0.15, 0.2) is 18.2 Å². The first-order valence-corrected chi connectivity index (χ1v) is 5.10. The summed E-state index contributed by atoms with van der Waals surface area (Å²) < 4.78 is 5.50. The Hall–Kier alpha value is -1.51. The zero-order valence-electron chi connectivity index (χ0n) is 9.46. The molecule has 15 heavy (non-hydrogen) atoms. The number of nitrogens with one attached hydrogen (secondary N) is 1. The summed E-state index contributed by atoms with van der Waals surface area (Å²) in [6.07, 6.45) is 0. The summed E-state index contributed by atoms with van der Waals surface area (Å²) >= 11 is 0. The van der Waals surface area contributed by atoms with Crippen LogP contribution in [0.5, 0.6) is 5.75 Å². The molecule has 0 aliphatic carbocycles. The summed E-state index contributed by atoms with van der Waals surface area (Å²) in [6.45, 7) is 6.63. The molecule has 0 spiro atoms. The Morgan fingerprint density at radius 2 is 2.20 bits per heavy atom. The van der Waals surface area contributed by atoms with Crippen LogP contribution in [0.1, 0.15) is 25.0 Å². The van der Waals surface area contributed by atoms with Gasteiger partial charge in [0, 0.05) is 19.0 Å². The average molecular weight is 207 g/mol. The van der Waals surface area contributed by atoms with Crippen LogP contribution in [0, 0.1) is 6.92 Å². The molecular weight excluding hydrogens is 190 g/mol.